The number of aromatic nitrogens is 1. The molecule has 7 heteroatoms. The number of carbonyl (C=O) groups is 1. The summed E-state index contributed by atoms with van der Waals surface area (Å²) in [4.78, 5) is 18.4. The standard InChI is InChI=1S/C25H22ClN3OS2/c26-16-9-11-17(12-10-16)27-25(30)29-15-19-18-5-1-2-7-21(18)32-24(19)28-13-3-6-20(28)23(29)22-8-4-14-31-22/h3-4,6,8-14,23H,1-2,5,7,15H2,(H,27,30)/t23-/m1/s1. The van der Waals surface area contributed by atoms with E-state index < -0.39 is 0 Å². The normalized spacial score (nSPS) is 17.3. The largest absolute Gasteiger partial charge is 0.323 e. The van der Waals surface area contributed by atoms with Crippen LogP contribution in [0.3, 0.4) is 0 Å². The van der Waals surface area contributed by atoms with Gasteiger partial charge in [0.15, 0.2) is 0 Å². The number of hydrogen-bond acceptors (Lipinski definition) is 3. The van der Waals surface area contributed by atoms with E-state index in [0.717, 1.165) is 24.2 Å². The van der Waals surface area contributed by atoms with Gasteiger partial charge in [0, 0.05) is 32.2 Å². The average Bonchev–Trinajstić information content (AvgIpc) is 3.55. The Morgan fingerprint density at radius 1 is 1.03 bits per heavy atom. The lowest BCUT2D eigenvalue weighted by Gasteiger charge is -2.30. The summed E-state index contributed by atoms with van der Waals surface area (Å²) >= 11 is 9.65. The van der Waals surface area contributed by atoms with Crippen molar-refractivity contribution in [2.24, 2.45) is 0 Å². The molecule has 1 aromatic carbocycles. The third-order valence-electron chi connectivity index (χ3n) is 6.35. The summed E-state index contributed by atoms with van der Waals surface area (Å²) in [5, 5.41) is 7.13. The smallest absolute Gasteiger partial charge is 0.310 e. The van der Waals surface area contributed by atoms with Crippen LogP contribution >= 0.6 is 34.3 Å². The van der Waals surface area contributed by atoms with Gasteiger partial charge in [-0.1, -0.05) is 17.7 Å². The van der Waals surface area contributed by atoms with Crippen LogP contribution in [0.2, 0.25) is 5.02 Å². The lowest BCUT2D eigenvalue weighted by Crippen LogP contribution is -2.37. The molecule has 0 saturated heterocycles. The van der Waals surface area contributed by atoms with E-state index in [0.29, 0.717) is 11.6 Å². The number of aryl methyl sites for hydroxylation is 1. The molecule has 4 heterocycles. The fraction of sp³-hybridized carbons (Fsp3) is 0.240. The maximum atomic E-state index is 13.7. The number of urea groups is 1. The second kappa shape index (κ2) is 8.10. The highest BCUT2D eigenvalue weighted by molar-refractivity contribution is 7.15. The van der Waals surface area contributed by atoms with E-state index in [2.05, 4.69) is 45.7 Å². The van der Waals surface area contributed by atoms with Crippen LogP contribution in [0, 0.1) is 0 Å². The molecular formula is C25H22ClN3OS2. The Bertz CT molecular complexity index is 1270. The van der Waals surface area contributed by atoms with Crippen LogP contribution in [0.5, 0.6) is 0 Å². The van der Waals surface area contributed by atoms with Gasteiger partial charge >= 0.3 is 6.03 Å². The first-order valence-electron chi connectivity index (χ1n) is 10.9. The predicted molar refractivity (Wildman–Crippen MR) is 132 cm³/mol. The summed E-state index contributed by atoms with van der Waals surface area (Å²) in [5.74, 6) is 0. The van der Waals surface area contributed by atoms with Crippen LogP contribution in [0.4, 0.5) is 10.5 Å². The van der Waals surface area contributed by atoms with Crippen molar-refractivity contribution in [1.29, 1.82) is 0 Å². The van der Waals surface area contributed by atoms with E-state index >= 15 is 0 Å². The summed E-state index contributed by atoms with van der Waals surface area (Å²) in [5.41, 5.74) is 4.66. The molecule has 0 saturated carbocycles. The van der Waals surface area contributed by atoms with E-state index in [-0.39, 0.29) is 12.1 Å². The molecule has 4 aromatic rings. The predicted octanol–water partition coefficient (Wildman–Crippen LogP) is 7.27. The maximum Gasteiger partial charge on any atom is 0.323 e. The Kier molecular flexibility index (Phi) is 5.09. The molecular weight excluding hydrogens is 458 g/mol. The number of carbonyl (C=O) groups excluding carboxylic acids is 1. The summed E-state index contributed by atoms with van der Waals surface area (Å²) < 4.78 is 2.32. The first-order valence-corrected chi connectivity index (χ1v) is 12.9. The average molecular weight is 480 g/mol. The molecule has 32 heavy (non-hydrogen) atoms. The van der Waals surface area contributed by atoms with Crippen LogP contribution in [-0.2, 0) is 19.4 Å². The topological polar surface area (TPSA) is 37.3 Å². The van der Waals surface area contributed by atoms with Gasteiger partial charge in [0.2, 0.25) is 0 Å². The molecule has 6 rings (SSSR count). The van der Waals surface area contributed by atoms with Gasteiger partial charge in [-0.05, 0) is 79.1 Å². The molecule has 162 valence electrons. The number of nitrogens with one attached hydrogen (secondary N) is 1. The second-order valence-electron chi connectivity index (χ2n) is 8.28. The van der Waals surface area contributed by atoms with Crippen molar-refractivity contribution in [3.05, 3.63) is 91.7 Å². The third-order valence-corrected chi connectivity index (χ3v) is 8.86. The summed E-state index contributed by atoms with van der Waals surface area (Å²) in [6, 6.07) is 15.5. The van der Waals surface area contributed by atoms with Gasteiger partial charge in [0.05, 0.1) is 12.2 Å². The number of rotatable bonds is 2. The molecule has 2 aliphatic rings. The van der Waals surface area contributed by atoms with Crippen LogP contribution in [-0.4, -0.2) is 15.5 Å². The molecule has 1 atom stereocenters. The number of anilines is 1. The highest BCUT2D eigenvalue weighted by Gasteiger charge is 2.36. The SMILES string of the molecule is O=C(Nc1ccc(Cl)cc1)N1Cc2c(sc3c2CCCC3)-n2cccc2[C@@H]1c1cccs1. The number of thiophene rings is 2. The number of amides is 2. The Morgan fingerprint density at radius 3 is 2.69 bits per heavy atom. The minimum atomic E-state index is -0.142. The molecule has 0 bridgehead atoms. The van der Waals surface area contributed by atoms with Crippen molar-refractivity contribution in [2.75, 3.05) is 5.32 Å². The van der Waals surface area contributed by atoms with Crippen LogP contribution < -0.4 is 5.32 Å². The van der Waals surface area contributed by atoms with E-state index in [4.69, 9.17) is 11.6 Å². The van der Waals surface area contributed by atoms with Gasteiger partial charge in [-0.3, -0.25) is 0 Å². The minimum Gasteiger partial charge on any atom is -0.310 e. The van der Waals surface area contributed by atoms with Gasteiger partial charge < -0.3 is 14.8 Å². The second-order valence-corrected chi connectivity index (χ2v) is 10.8. The van der Waals surface area contributed by atoms with Gasteiger partial charge in [-0.2, -0.15) is 0 Å². The molecule has 2 amide bonds. The molecule has 4 nitrogen and oxygen atoms in total. The number of nitrogens with zero attached hydrogens (tertiary/aromatic N) is 2. The summed E-state index contributed by atoms with van der Waals surface area (Å²) in [6.07, 6.45) is 6.88. The zero-order valence-electron chi connectivity index (χ0n) is 17.4. The Hall–Kier alpha value is -2.54. The zero-order valence-corrected chi connectivity index (χ0v) is 19.8. The monoisotopic (exact) mass is 479 g/mol. The van der Waals surface area contributed by atoms with Gasteiger partial charge in [0.25, 0.3) is 0 Å². The summed E-state index contributed by atoms with van der Waals surface area (Å²) in [6.45, 7) is 0.602. The third kappa shape index (κ3) is 3.38. The zero-order chi connectivity index (χ0) is 21.7. The lowest BCUT2D eigenvalue weighted by atomic mass is 9.95. The van der Waals surface area contributed by atoms with Crippen LogP contribution in [0.1, 0.15) is 45.5 Å². The van der Waals surface area contributed by atoms with Crippen LogP contribution in [0.25, 0.3) is 5.00 Å². The quantitative estimate of drug-likeness (QED) is 0.322. The first-order chi connectivity index (χ1) is 15.7. The van der Waals surface area contributed by atoms with Crippen molar-refractivity contribution in [1.82, 2.24) is 9.47 Å². The molecule has 3 aromatic heterocycles. The van der Waals surface area contributed by atoms with E-state index in [1.165, 1.54) is 38.7 Å². The van der Waals surface area contributed by atoms with Crippen molar-refractivity contribution < 1.29 is 4.79 Å². The van der Waals surface area contributed by atoms with Crippen molar-refractivity contribution in [3.63, 3.8) is 0 Å². The fourth-order valence-corrected chi connectivity index (χ4v) is 7.24. The molecule has 1 N–H and O–H groups in total. The Balaban J connectivity index is 1.48. The number of hydrogen-bond donors (Lipinski definition) is 1. The maximum absolute atomic E-state index is 13.7. The molecule has 0 unspecified atom stereocenters. The number of halogens is 1. The van der Waals surface area contributed by atoms with Gasteiger partial charge in [-0.25, -0.2) is 4.79 Å². The highest BCUT2D eigenvalue weighted by atomic mass is 35.5. The van der Waals surface area contributed by atoms with Crippen LogP contribution in [0.15, 0.2) is 60.1 Å². The van der Waals surface area contributed by atoms with Crippen molar-refractivity contribution >= 4 is 46.0 Å². The van der Waals surface area contributed by atoms with Gasteiger partial charge in [0.1, 0.15) is 11.0 Å². The first kappa shape index (κ1) is 20.1. The molecule has 1 aliphatic heterocycles. The van der Waals surface area contributed by atoms with Crippen molar-refractivity contribution in [2.45, 2.75) is 38.3 Å². The molecule has 0 fully saturated rings. The van der Waals surface area contributed by atoms with E-state index in [1.807, 2.05) is 28.4 Å². The number of fused-ring (bicyclic) bond motifs is 5. The van der Waals surface area contributed by atoms with E-state index in [1.54, 1.807) is 23.5 Å². The summed E-state index contributed by atoms with van der Waals surface area (Å²) in [7, 11) is 0. The Labute approximate surface area is 200 Å². The molecule has 1 aliphatic carbocycles. The van der Waals surface area contributed by atoms with Crippen molar-refractivity contribution in [3.8, 4) is 5.00 Å². The minimum absolute atomic E-state index is 0.0953. The highest BCUT2D eigenvalue weighted by Crippen LogP contribution is 2.44. The van der Waals surface area contributed by atoms with Gasteiger partial charge in [-0.15, -0.1) is 22.7 Å². The lowest BCUT2D eigenvalue weighted by molar-refractivity contribution is 0.195. The molecule has 0 radical (unpaired) electrons. The van der Waals surface area contributed by atoms with E-state index in [9.17, 15) is 4.79 Å². The number of benzene rings is 1. The Morgan fingerprint density at radius 2 is 1.88 bits per heavy atom. The molecule has 0 spiro atoms. The fourth-order valence-electron chi connectivity index (χ4n) is 4.86.